The summed E-state index contributed by atoms with van der Waals surface area (Å²) in [5.74, 6) is -0.879. The van der Waals surface area contributed by atoms with E-state index in [1.54, 1.807) is 12.1 Å². The molecule has 2 aromatic rings. The summed E-state index contributed by atoms with van der Waals surface area (Å²) in [5, 5.41) is 12.6. The molecule has 1 heterocycles. The summed E-state index contributed by atoms with van der Waals surface area (Å²) in [7, 11) is 0. The lowest BCUT2D eigenvalue weighted by Gasteiger charge is -2.25. The van der Waals surface area contributed by atoms with Crippen molar-refractivity contribution in [2.45, 2.75) is 38.5 Å². The van der Waals surface area contributed by atoms with Crippen LogP contribution in [0.15, 0.2) is 54.6 Å². The molecule has 1 fully saturated rings. The number of hydrogen-bond acceptors (Lipinski definition) is 3. The van der Waals surface area contributed by atoms with Crippen LogP contribution < -0.4 is 5.32 Å². The van der Waals surface area contributed by atoms with E-state index >= 15 is 0 Å². The van der Waals surface area contributed by atoms with Gasteiger partial charge in [0.25, 0.3) is 0 Å². The van der Waals surface area contributed by atoms with Gasteiger partial charge in [0.1, 0.15) is 0 Å². The summed E-state index contributed by atoms with van der Waals surface area (Å²) in [6.07, 6.45) is 1.14. The fourth-order valence-electron chi connectivity index (χ4n) is 3.33. The minimum Gasteiger partial charge on any atom is -0.478 e. The molecule has 0 aromatic heterocycles. The van der Waals surface area contributed by atoms with Crippen LogP contribution in [0.3, 0.4) is 0 Å². The molecule has 1 aliphatic heterocycles. The molecule has 0 spiro atoms. The first-order valence-electron chi connectivity index (χ1n) is 8.47. The summed E-state index contributed by atoms with van der Waals surface area (Å²) >= 11 is 0. The van der Waals surface area contributed by atoms with E-state index in [1.165, 1.54) is 5.56 Å². The van der Waals surface area contributed by atoms with Crippen LogP contribution in [0.2, 0.25) is 0 Å². The number of rotatable bonds is 6. The average molecular weight is 324 g/mol. The van der Waals surface area contributed by atoms with Gasteiger partial charge in [-0.2, -0.15) is 0 Å². The number of likely N-dealkylation sites (tertiary alicyclic amines) is 1. The maximum Gasteiger partial charge on any atom is 0.335 e. The Labute approximate surface area is 143 Å². The van der Waals surface area contributed by atoms with Gasteiger partial charge in [0, 0.05) is 31.7 Å². The summed E-state index contributed by atoms with van der Waals surface area (Å²) in [6, 6.07) is 18.6. The summed E-state index contributed by atoms with van der Waals surface area (Å²) in [4.78, 5) is 13.4. The van der Waals surface area contributed by atoms with Gasteiger partial charge in [-0.3, -0.25) is 4.90 Å². The van der Waals surface area contributed by atoms with E-state index in [4.69, 9.17) is 5.11 Å². The minimum atomic E-state index is -0.879. The maximum atomic E-state index is 10.9. The molecule has 2 atom stereocenters. The van der Waals surface area contributed by atoms with Gasteiger partial charge in [-0.05, 0) is 36.6 Å². The van der Waals surface area contributed by atoms with E-state index in [0.717, 1.165) is 31.6 Å². The third-order valence-electron chi connectivity index (χ3n) is 4.88. The van der Waals surface area contributed by atoms with Crippen LogP contribution in [0.4, 0.5) is 0 Å². The molecular formula is C20H24N2O2. The molecule has 126 valence electrons. The number of carbonyl (C=O) groups is 1. The molecule has 0 bridgehead atoms. The zero-order valence-corrected chi connectivity index (χ0v) is 14.0. The van der Waals surface area contributed by atoms with Gasteiger partial charge in [-0.25, -0.2) is 4.79 Å². The Morgan fingerprint density at radius 1 is 1.12 bits per heavy atom. The molecule has 2 aromatic carbocycles. The number of nitrogens with one attached hydrogen (secondary N) is 1. The molecule has 4 nitrogen and oxygen atoms in total. The van der Waals surface area contributed by atoms with Crippen molar-refractivity contribution < 1.29 is 9.90 Å². The third-order valence-corrected chi connectivity index (χ3v) is 4.88. The lowest BCUT2D eigenvalue weighted by atomic mass is 10.1. The van der Waals surface area contributed by atoms with Crippen molar-refractivity contribution in [2.24, 2.45) is 0 Å². The second kappa shape index (κ2) is 7.60. The average Bonchev–Trinajstić information content (AvgIpc) is 2.94. The number of aromatic carboxylic acids is 1. The highest BCUT2D eigenvalue weighted by molar-refractivity contribution is 5.87. The van der Waals surface area contributed by atoms with E-state index in [2.05, 4.69) is 47.5 Å². The molecule has 4 heteroatoms. The van der Waals surface area contributed by atoms with Crippen molar-refractivity contribution in [2.75, 3.05) is 6.54 Å². The zero-order valence-electron chi connectivity index (χ0n) is 14.0. The molecule has 0 aliphatic carbocycles. The van der Waals surface area contributed by atoms with Crippen LogP contribution in [-0.2, 0) is 13.1 Å². The van der Waals surface area contributed by atoms with Gasteiger partial charge >= 0.3 is 5.97 Å². The Hall–Kier alpha value is -2.17. The molecule has 24 heavy (non-hydrogen) atoms. The maximum absolute atomic E-state index is 10.9. The van der Waals surface area contributed by atoms with Gasteiger partial charge in [0.2, 0.25) is 0 Å². The van der Waals surface area contributed by atoms with Gasteiger partial charge in [-0.15, -0.1) is 0 Å². The first kappa shape index (κ1) is 16.7. The van der Waals surface area contributed by atoms with Gasteiger partial charge in [0.05, 0.1) is 5.56 Å². The number of nitrogens with zero attached hydrogens (tertiary/aromatic N) is 1. The van der Waals surface area contributed by atoms with Crippen molar-refractivity contribution >= 4 is 5.97 Å². The van der Waals surface area contributed by atoms with Gasteiger partial charge in [0.15, 0.2) is 0 Å². The van der Waals surface area contributed by atoms with E-state index in [9.17, 15) is 4.79 Å². The number of carboxylic acids is 1. The molecule has 2 unspecified atom stereocenters. The van der Waals surface area contributed by atoms with Gasteiger partial charge in [-0.1, -0.05) is 42.5 Å². The fraction of sp³-hybridized carbons (Fsp3) is 0.350. The smallest absolute Gasteiger partial charge is 0.335 e. The van der Waals surface area contributed by atoms with Crippen LogP contribution in [0.25, 0.3) is 0 Å². The van der Waals surface area contributed by atoms with E-state index in [-0.39, 0.29) is 0 Å². The standard InChI is InChI=1S/C20H24N2O2/c1-15-19(11-12-22(15)14-17-5-3-2-4-6-17)21-13-16-7-9-18(10-8-16)20(23)24/h2-10,15,19,21H,11-14H2,1H3,(H,23,24). The Morgan fingerprint density at radius 3 is 2.50 bits per heavy atom. The minimum absolute atomic E-state index is 0.335. The monoisotopic (exact) mass is 324 g/mol. The van der Waals surface area contributed by atoms with Crippen molar-refractivity contribution in [3.8, 4) is 0 Å². The predicted octanol–water partition coefficient (Wildman–Crippen LogP) is 3.14. The summed E-state index contributed by atoms with van der Waals surface area (Å²) in [6.45, 7) is 5.15. The van der Waals surface area contributed by atoms with E-state index in [1.807, 2.05) is 12.1 Å². The third kappa shape index (κ3) is 4.02. The largest absolute Gasteiger partial charge is 0.478 e. The molecule has 0 amide bonds. The Kier molecular flexibility index (Phi) is 5.28. The van der Waals surface area contributed by atoms with Crippen molar-refractivity contribution in [1.29, 1.82) is 0 Å². The fourth-order valence-corrected chi connectivity index (χ4v) is 3.33. The van der Waals surface area contributed by atoms with Crippen molar-refractivity contribution in [3.05, 3.63) is 71.3 Å². The highest BCUT2D eigenvalue weighted by Crippen LogP contribution is 2.20. The number of hydrogen-bond donors (Lipinski definition) is 2. The van der Waals surface area contributed by atoms with Crippen LogP contribution in [0.5, 0.6) is 0 Å². The molecular weight excluding hydrogens is 300 g/mol. The second-order valence-electron chi connectivity index (χ2n) is 6.47. The lowest BCUT2D eigenvalue weighted by Crippen LogP contribution is -2.39. The molecule has 3 rings (SSSR count). The molecule has 0 radical (unpaired) electrons. The van der Waals surface area contributed by atoms with Crippen molar-refractivity contribution in [1.82, 2.24) is 10.2 Å². The van der Waals surface area contributed by atoms with Gasteiger partial charge < -0.3 is 10.4 Å². The van der Waals surface area contributed by atoms with E-state index in [0.29, 0.717) is 17.6 Å². The molecule has 1 saturated heterocycles. The number of carboxylic acid groups (broad SMARTS) is 1. The molecule has 0 saturated carbocycles. The summed E-state index contributed by atoms with van der Waals surface area (Å²) in [5.41, 5.74) is 2.81. The SMILES string of the molecule is CC1C(NCc2ccc(C(=O)O)cc2)CCN1Cc1ccccc1. The highest BCUT2D eigenvalue weighted by atomic mass is 16.4. The van der Waals surface area contributed by atoms with Crippen LogP contribution in [-0.4, -0.2) is 34.6 Å². The molecule has 2 N–H and O–H groups in total. The number of benzene rings is 2. The zero-order chi connectivity index (χ0) is 16.9. The van der Waals surface area contributed by atoms with Crippen LogP contribution in [0, 0.1) is 0 Å². The Balaban J connectivity index is 1.52. The Morgan fingerprint density at radius 2 is 1.83 bits per heavy atom. The quantitative estimate of drug-likeness (QED) is 0.857. The first-order valence-corrected chi connectivity index (χ1v) is 8.47. The van der Waals surface area contributed by atoms with Crippen LogP contribution in [0.1, 0.15) is 34.8 Å². The predicted molar refractivity (Wildman–Crippen MR) is 95.0 cm³/mol. The normalized spacial score (nSPS) is 21.0. The van der Waals surface area contributed by atoms with Crippen LogP contribution >= 0.6 is 0 Å². The van der Waals surface area contributed by atoms with E-state index < -0.39 is 5.97 Å². The highest BCUT2D eigenvalue weighted by Gasteiger charge is 2.29. The molecule has 1 aliphatic rings. The Bertz CT molecular complexity index is 670. The topological polar surface area (TPSA) is 52.6 Å². The lowest BCUT2D eigenvalue weighted by molar-refractivity contribution is 0.0697. The first-order chi connectivity index (χ1) is 11.6. The second-order valence-corrected chi connectivity index (χ2v) is 6.47. The summed E-state index contributed by atoms with van der Waals surface area (Å²) < 4.78 is 0. The van der Waals surface area contributed by atoms with Crippen molar-refractivity contribution in [3.63, 3.8) is 0 Å².